The molecule has 0 radical (unpaired) electrons. The number of rotatable bonds is 8. The summed E-state index contributed by atoms with van der Waals surface area (Å²) in [6, 6.07) is 7.46. The topological polar surface area (TPSA) is 96.5 Å². The quantitative estimate of drug-likeness (QED) is 0.495. The fourth-order valence-corrected chi connectivity index (χ4v) is 1.95. The number of esters is 1. The molecular formula is C18H25N3O4. The molecule has 7 heteroatoms. The first-order valence-electron chi connectivity index (χ1n) is 8.06. The van der Waals surface area contributed by atoms with Gasteiger partial charge in [0.25, 0.3) is 5.91 Å². The second kappa shape index (κ2) is 10.1. The lowest BCUT2D eigenvalue weighted by Crippen LogP contribution is -2.49. The van der Waals surface area contributed by atoms with Gasteiger partial charge in [0.1, 0.15) is 6.04 Å². The van der Waals surface area contributed by atoms with Crippen molar-refractivity contribution < 1.29 is 19.1 Å². The van der Waals surface area contributed by atoms with E-state index in [1.165, 1.54) is 13.0 Å². The highest BCUT2D eigenvalue weighted by atomic mass is 16.5. The number of ether oxygens (including phenoxy) is 1. The molecule has 0 aliphatic carbocycles. The molecule has 1 rings (SSSR count). The van der Waals surface area contributed by atoms with Crippen LogP contribution in [-0.4, -0.2) is 36.6 Å². The van der Waals surface area contributed by atoms with Gasteiger partial charge in [-0.3, -0.25) is 4.79 Å². The zero-order chi connectivity index (χ0) is 18.8. The Morgan fingerprint density at radius 2 is 1.80 bits per heavy atom. The fraction of sp³-hybridized carbons (Fsp3) is 0.389. The summed E-state index contributed by atoms with van der Waals surface area (Å²) in [6.07, 6.45) is 0.562. The van der Waals surface area contributed by atoms with Crippen LogP contribution in [0.5, 0.6) is 0 Å². The number of urea groups is 1. The number of carbonyl (C=O) groups is 3. The second-order valence-electron chi connectivity index (χ2n) is 5.80. The molecule has 0 bridgehead atoms. The lowest BCUT2D eigenvalue weighted by Gasteiger charge is -2.23. The summed E-state index contributed by atoms with van der Waals surface area (Å²) in [5, 5.41) is 7.76. The lowest BCUT2D eigenvalue weighted by molar-refractivity contribution is -0.157. The van der Waals surface area contributed by atoms with Crippen molar-refractivity contribution in [3.63, 3.8) is 0 Å². The van der Waals surface area contributed by atoms with Gasteiger partial charge in [0.15, 0.2) is 6.10 Å². The van der Waals surface area contributed by atoms with E-state index >= 15 is 0 Å². The van der Waals surface area contributed by atoms with Crippen LogP contribution >= 0.6 is 0 Å². The van der Waals surface area contributed by atoms with Gasteiger partial charge in [-0.1, -0.05) is 38.1 Å². The van der Waals surface area contributed by atoms with Gasteiger partial charge in [0.2, 0.25) is 0 Å². The molecule has 1 aromatic carbocycles. The Labute approximate surface area is 147 Å². The smallest absolute Gasteiger partial charge is 0.329 e. The molecule has 3 amide bonds. The number of para-hydroxylation sites is 1. The van der Waals surface area contributed by atoms with Gasteiger partial charge < -0.3 is 20.7 Å². The summed E-state index contributed by atoms with van der Waals surface area (Å²) in [5.74, 6) is -1.30. The largest absolute Gasteiger partial charge is 0.451 e. The van der Waals surface area contributed by atoms with Gasteiger partial charge in [-0.05, 0) is 25.0 Å². The molecule has 0 aromatic heterocycles. The second-order valence-corrected chi connectivity index (χ2v) is 5.80. The van der Waals surface area contributed by atoms with E-state index < -0.39 is 30.1 Å². The van der Waals surface area contributed by atoms with Gasteiger partial charge in [-0.2, -0.15) is 0 Å². The van der Waals surface area contributed by atoms with Crippen molar-refractivity contribution in [2.45, 2.75) is 32.9 Å². The SMILES string of the molecule is C=CCNC(=O)[C@@H](C)OC(=O)[C@@H](NC(=O)Nc1ccccc1)C(C)C. The van der Waals surface area contributed by atoms with E-state index in [0.717, 1.165) is 0 Å². The third kappa shape index (κ3) is 7.07. The average Bonchev–Trinajstić information content (AvgIpc) is 2.57. The van der Waals surface area contributed by atoms with Crippen LogP contribution in [0.4, 0.5) is 10.5 Å². The number of anilines is 1. The van der Waals surface area contributed by atoms with Crippen molar-refractivity contribution in [2.24, 2.45) is 5.92 Å². The van der Waals surface area contributed by atoms with Crippen molar-refractivity contribution in [3.05, 3.63) is 43.0 Å². The lowest BCUT2D eigenvalue weighted by atomic mass is 10.0. The molecule has 0 saturated carbocycles. The molecule has 0 spiro atoms. The van der Waals surface area contributed by atoms with Crippen molar-refractivity contribution in [1.29, 1.82) is 0 Å². The minimum atomic E-state index is -0.965. The molecule has 0 heterocycles. The number of hydrogen-bond acceptors (Lipinski definition) is 4. The van der Waals surface area contributed by atoms with Crippen molar-refractivity contribution in [3.8, 4) is 0 Å². The Balaban J connectivity index is 2.62. The van der Waals surface area contributed by atoms with E-state index in [1.807, 2.05) is 6.07 Å². The maximum atomic E-state index is 12.3. The highest BCUT2D eigenvalue weighted by Gasteiger charge is 2.28. The van der Waals surface area contributed by atoms with Crippen LogP contribution in [0.2, 0.25) is 0 Å². The molecule has 0 aliphatic rings. The third-order valence-electron chi connectivity index (χ3n) is 3.32. The molecule has 7 nitrogen and oxygen atoms in total. The van der Waals surface area contributed by atoms with E-state index in [0.29, 0.717) is 5.69 Å². The fourth-order valence-electron chi connectivity index (χ4n) is 1.95. The van der Waals surface area contributed by atoms with Gasteiger partial charge in [0.05, 0.1) is 0 Å². The first kappa shape index (κ1) is 20.2. The van der Waals surface area contributed by atoms with Crippen molar-refractivity contribution in [2.75, 3.05) is 11.9 Å². The van der Waals surface area contributed by atoms with Gasteiger partial charge in [-0.15, -0.1) is 6.58 Å². The molecule has 0 saturated heterocycles. The average molecular weight is 347 g/mol. The summed E-state index contributed by atoms with van der Waals surface area (Å²) in [7, 11) is 0. The summed E-state index contributed by atoms with van der Waals surface area (Å²) < 4.78 is 5.16. The van der Waals surface area contributed by atoms with Crippen LogP contribution in [0, 0.1) is 5.92 Å². The first-order chi connectivity index (χ1) is 11.8. The van der Waals surface area contributed by atoms with Crippen LogP contribution in [0.1, 0.15) is 20.8 Å². The third-order valence-corrected chi connectivity index (χ3v) is 3.32. The van der Waals surface area contributed by atoms with Crippen molar-refractivity contribution >= 4 is 23.6 Å². The van der Waals surface area contributed by atoms with Gasteiger partial charge in [-0.25, -0.2) is 9.59 Å². The van der Waals surface area contributed by atoms with Crippen LogP contribution in [0.25, 0.3) is 0 Å². The maximum Gasteiger partial charge on any atom is 0.329 e. The van der Waals surface area contributed by atoms with Crippen LogP contribution in [0.15, 0.2) is 43.0 Å². The number of hydrogen-bond donors (Lipinski definition) is 3. The molecule has 0 aliphatic heterocycles. The molecular weight excluding hydrogens is 322 g/mol. The number of amides is 3. The standard InChI is InChI=1S/C18H25N3O4/c1-5-11-19-16(22)13(4)25-17(23)15(12(2)3)21-18(24)20-14-9-7-6-8-10-14/h5-10,12-13,15H,1,11H2,2-4H3,(H,19,22)(H2,20,21,24)/t13-,15+/m1/s1. The Kier molecular flexibility index (Phi) is 8.18. The zero-order valence-corrected chi connectivity index (χ0v) is 14.7. The molecule has 3 N–H and O–H groups in total. The molecule has 1 aromatic rings. The van der Waals surface area contributed by atoms with E-state index in [-0.39, 0.29) is 12.5 Å². The van der Waals surface area contributed by atoms with E-state index in [4.69, 9.17) is 4.74 Å². The number of nitrogens with one attached hydrogen (secondary N) is 3. The summed E-state index contributed by atoms with van der Waals surface area (Å²) in [6.45, 7) is 8.80. The van der Waals surface area contributed by atoms with Crippen LogP contribution in [-0.2, 0) is 14.3 Å². The predicted molar refractivity (Wildman–Crippen MR) is 96.0 cm³/mol. The normalized spacial score (nSPS) is 12.6. The molecule has 25 heavy (non-hydrogen) atoms. The summed E-state index contributed by atoms with van der Waals surface area (Å²) >= 11 is 0. The Bertz CT molecular complexity index is 602. The van der Waals surface area contributed by atoms with Gasteiger partial charge >= 0.3 is 12.0 Å². The summed E-state index contributed by atoms with van der Waals surface area (Å²) in [5.41, 5.74) is 0.605. The molecule has 0 unspecified atom stereocenters. The first-order valence-corrected chi connectivity index (χ1v) is 8.06. The highest BCUT2D eigenvalue weighted by Crippen LogP contribution is 2.08. The zero-order valence-electron chi connectivity index (χ0n) is 14.7. The Hall–Kier alpha value is -2.83. The molecule has 0 fully saturated rings. The minimum Gasteiger partial charge on any atom is -0.451 e. The Morgan fingerprint density at radius 1 is 1.16 bits per heavy atom. The molecule has 2 atom stereocenters. The van der Waals surface area contributed by atoms with Crippen molar-refractivity contribution in [1.82, 2.24) is 10.6 Å². The predicted octanol–water partition coefficient (Wildman–Crippen LogP) is 2.07. The molecule has 136 valence electrons. The van der Waals surface area contributed by atoms with Gasteiger partial charge in [0, 0.05) is 12.2 Å². The van der Waals surface area contributed by atoms with Crippen LogP contribution in [0.3, 0.4) is 0 Å². The number of carbonyl (C=O) groups excluding carboxylic acids is 3. The minimum absolute atomic E-state index is 0.211. The summed E-state index contributed by atoms with van der Waals surface area (Å²) in [4.78, 5) is 36.1. The highest BCUT2D eigenvalue weighted by molar-refractivity contribution is 5.93. The Morgan fingerprint density at radius 3 is 2.36 bits per heavy atom. The number of benzene rings is 1. The monoisotopic (exact) mass is 347 g/mol. The maximum absolute atomic E-state index is 12.3. The van der Waals surface area contributed by atoms with E-state index in [9.17, 15) is 14.4 Å². The van der Waals surface area contributed by atoms with E-state index in [1.54, 1.807) is 38.1 Å². The van der Waals surface area contributed by atoms with Crippen LogP contribution < -0.4 is 16.0 Å². The van der Waals surface area contributed by atoms with E-state index in [2.05, 4.69) is 22.5 Å².